The van der Waals surface area contributed by atoms with E-state index in [9.17, 15) is 8.42 Å². The Kier molecular flexibility index (Phi) is 6.25. The average Bonchev–Trinajstić information content (AvgIpc) is 2.65. The van der Waals surface area contributed by atoms with Crippen LogP contribution in [0.5, 0.6) is 0 Å². The lowest BCUT2D eigenvalue weighted by Crippen LogP contribution is -2.28. The van der Waals surface area contributed by atoms with Gasteiger partial charge >= 0.3 is 0 Å². The third kappa shape index (κ3) is 5.10. The maximum absolute atomic E-state index is 11.9. The first kappa shape index (κ1) is 16.4. The molecule has 0 fully saturated rings. The predicted octanol–water partition coefficient (Wildman–Crippen LogP) is 1.41. The summed E-state index contributed by atoms with van der Waals surface area (Å²) in [6.45, 7) is 5.37. The molecule has 0 radical (unpaired) electrons. The van der Waals surface area contributed by atoms with Gasteiger partial charge in [0.25, 0.3) is 10.0 Å². The maximum Gasteiger partial charge on any atom is 0.261 e. The van der Waals surface area contributed by atoms with Crippen LogP contribution in [0.2, 0.25) is 5.15 Å². The minimum Gasteiger partial charge on any atom is -0.380 e. The van der Waals surface area contributed by atoms with Gasteiger partial charge in [-0.15, -0.1) is 0 Å². The van der Waals surface area contributed by atoms with Gasteiger partial charge in [-0.05, 0) is 12.3 Å². The van der Waals surface area contributed by atoms with Crippen molar-refractivity contribution in [3.05, 3.63) is 11.5 Å². The van der Waals surface area contributed by atoms with Crippen molar-refractivity contribution < 1.29 is 13.2 Å². The Morgan fingerprint density at radius 2 is 2.16 bits per heavy atom. The van der Waals surface area contributed by atoms with E-state index in [0.29, 0.717) is 19.1 Å². The standard InChI is InChI=1S/C11H20ClN3O3S/c1-9(2)4-6-18-7-5-14-19(16,17)11-10(12)15(3)8-13-11/h8-9,14H,4-7H2,1-3H3. The average molecular weight is 310 g/mol. The van der Waals surface area contributed by atoms with Gasteiger partial charge in [0, 0.05) is 20.2 Å². The van der Waals surface area contributed by atoms with Crippen molar-refractivity contribution in [3.63, 3.8) is 0 Å². The molecule has 1 heterocycles. The number of halogens is 1. The van der Waals surface area contributed by atoms with Gasteiger partial charge in [0.1, 0.15) is 5.15 Å². The highest BCUT2D eigenvalue weighted by Gasteiger charge is 2.21. The third-order valence-corrected chi connectivity index (χ3v) is 4.42. The molecule has 0 atom stereocenters. The number of nitrogens with zero attached hydrogens (tertiary/aromatic N) is 2. The lowest BCUT2D eigenvalue weighted by atomic mass is 10.1. The summed E-state index contributed by atoms with van der Waals surface area (Å²) in [6.07, 6.45) is 2.31. The van der Waals surface area contributed by atoms with E-state index < -0.39 is 10.0 Å². The first-order chi connectivity index (χ1) is 8.84. The number of hydrogen-bond acceptors (Lipinski definition) is 4. The summed E-state index contributed by atoms with van der Waals surface area (Å²) in [5.74, 6) is 0.573. The van der Waals surface area contributed by atoms with Gasteiger partial charge in [0.15, 0.2) is 0 Å². The number of sulfonamides is 1. The van der Waals surface area contributed by atoms with E-state index in [1.807, 2.05) is 0 Å². The van der Waals surface area contributed by atoms with Crippen LogP contribution >= 0.6 is 11.6 Å². The molecule has 0 saturated heterocycles. The Bertz CT molecular complexity index is 499. The Morgan fingerprint density at radius 3 is 2.68 bits per heavy atom. The van der Waals surface area contributed by atoms with E-state index in [4.69, 9.17) is 16.3 Å². The Balaban J connectivity index is 2.38. The minimum absolute atomic E-state index is 0.0910. The molecule has 0 saturated carbocycles. The van der Waals surface area contributed by atoms with Crippen molar-refractivity contribution in [2.75, 3.05) is 19.8 Å². The van der Waals surface area contributed by atoms with Gasteiger partial charge in [0.05, 0.1) is 12.9 Å². The van der Waals surface area contributed by atoms with E-state index in [1.54, 1.807) is 7.05 Å². The number of ether oxygens (including phenoxy) is 1. The molecule has 1 rings (SSSR count). The van der Waals surface area contributed by atoms with Crippen molar-refractivity contribution >= 4 is 21.6 Å². The smallest absolute Gasteiger partial charge is 0.261 e. The Labute approximate surface area is 119 Å². The number of aryl methyl sites for hydroxylation is 1. The van der Waals surface area contributed by atoms with Crippen LogP contribution in [-0.4, -0.2) is 37.7 Å². The second-order valence-electron chi connectivity index (χ2n) is 4.64. The Morgan fingerprint density at radius 1 is 1.47 bits per heavy atom. The molecule has 0 aliphatic rings. The number of aromatic nitrogens is 2. The van der Waals surface area contributed by atoms with Crippen LogP contribution in [0.4, 0.5) is 0 Å². The van der Waals surface area contributed by atoms with Crippen molar-refractivity contribution in [3.8, 4) is 0 Å². The number of nitrogens with one attached hydrogen (secondary N) is 1. The topological polar surface area (TPSA) is 73.2 Å². The lowest BCUT2D eigenvalue weighted by molar-refractivity contribution is 0.128. The summed E-state index contributed by atoms with van der Waals surface area (Å²) in [5, 5.41) is -0.0629. The molecule has 0 aliphatic heterocycles. The summed E-state index contributed by atoms with van der Waals surface area (Å²) in [7, 11) is -2.04. The SMILES string of the molecule is CC(C)CCOCCNS(=O)(=O)c1ncn(C)c1Cl. The van der Waals surface area contributed by atoms with Crippen molar-refractivity contribution in [2.45, 2.75) is 25.3 Å². The highest BCUT2D eigenvalue weighted by atomic mass is 35.5. The van der Waals surface area contributed by atoms with E-state index >= 15 is 0 Å². The van der Waals surface area contributed by atoms with Gasteiger partial charge < -0.3 is 9.30 Å². The van der Waals surface area contributed by atoms with Gasteiger partial charge in [0.2, 0.25) is 5.03 Å². The monoisotopic (exact) mass is 309 g/mol. The highest BCUT2D eigenvalue weighted by molar-refractivity contribution is 7.89. The van der Waals surface area contributed by atoms with Gasteiger partial charge in [-0.1, -0.05) is 25.4 Å². The third-order valence-electron chi connectivity index (χ3n) is 2.47. The molecular weight excluding hydrogens is 290 g/mol. The molecular formula is C11H20ClN3O3S. The van der Waals surface area contributed by atoms with E-state index in [0.717, 1.165) is 6.42 Å². The zero-order valence-electron chi connectivity index (χ0n) is 11.4. The number of hydrogen-bond donors (Lipinski definition) is 1. The molecule has 8 heteroatoms. The van der Waals surface area contributed by atoms with Crippen LogP contribution in [0.1, 0.15) is 20.3 Å². The minimum atomic E-state index is -3.67. The summed E-state index contributed by atoms with van der Waals surface area (Å²) < 4.78 is 32.9. The number of imidazole rings is 1. The quantitative estimate of drug-likeness (QED) is 0.737. The Hall–Kier alpha value is -0.630. The molecule has 1 N–H and O–H groups in total. The molecule has 110 valence electrons. The van der Waals surface area contributed by atoms with Crippen molar-refractivity contribution in [1.82, 2.24) is 14.3 Å². The van der Waals surface area contributed by atoms with Crippen molar-refractivity contribution in [1.29, 1.82) is 0 Å². The van der Waals surface area contributed by atoms with Crippen LogP contribution < -0.4 is 4.72 Å². The van der Waals surface area contributed by atoms with Crippen LogP contribution in [-0.2, 0) is 21.8 Å². The molecule has 6 nitrogen and oxygen atoms in total. The van der Waals surface area contributed by atoms with E-state index in [2.05, 4.69) is 23.6 Å². The predicted molar refractivity (Wildman–Crippen MR) is 73.7 cm³/mol. The number of rotatable bonds is 8. The summed E-state index contributed by atoms with van der Waals surface area (Å²) >= 11 is 5.84. The fourth-order valence-electron chi connectivity index (χ4n) is 1.31. The second kappa shape index (κ2) is 7.23. The molecule has 19 heavy (non-hydrogen) atoms. The molecule has 0 aromatic carbocycles. The first-order valence-corrected chi connectivity index (χ1v) is 7.95. The van der Waals surface area contributed by atoms with E-state index in [1.165, 1.54) is 10.9 Å². The fraction of sp³-hybridized carbons (Fsp3) is 0.727. The van der Waals surface area contributed by atoms with Crippen LogP contribution in [0.15, 0.2) is 11.4 Å². The molecule has 1 aromatic heterocycles. The van der Waals surface area contributed by atoms with Gasteiger partial charge in [-0.3, -0.25) is 0 Å². The first-order valence-electron chi connectivity index (χ1n) is 6.09. The zero-order valence-corrected chi connectivity index (χ0v) is 13.0. The lowest BCUT2D eigenvalue weighted by Gasteiger charge is -2.07. The molecule has 0 amide bonds. The summed E-state index contributed by atoms with van der Waals surface area (Å²) in [5.41, 5.74) is 0. The summed E-state index contributed by atoms with van der Waals surface area (Å²) in [4.78, 5) is 3.76. The van der Waals surface area contributed by atoms with E-state index in [-0.39, 0.29) is 16.7 Å². The summed E-state index contributed by atoms with van der Waals surface area (Å²) in [6, 6.07) is 0. The van der Waals surface area contributed by atoms with Crippen LogP contribution in [0.3, 0.4) is 0 Å². The zero-order chi connectivity index (χ0) is 14.5. The molecule has 0 aliphatic carbocycles. The van der Waals surface area contributed by atoms with Gasteiger partial charge in [-0.2, -0.15) is 0 Å². The highest BCUT2D eigenvalue weighted by Crippen LogP contribution is 2.17. The van der Waals surface area contributed by atoms with Crippen molar-refractivity contribution in [2.24, 2.45) is 13.0 Å². The maximum atomic E-state index is 11.9. The largest absolute Gasteiger partial charge is 0.380 e. The fourth-order valence-corrected chi connectivity index (χ4v) is 2.75. The molecule has 0 bridgehead atoms. The molecule has 1 aromatic rings. The van der Waals surface area contributed by atoms with Gasteiger partial charge in [-0.25, -0.2) is 18.1 Å². The normalized spacial score (nSPS) is 12.3. The van der Waals surface area contributed by atoms with Crippen LogP contribution in [0.25, 0.3) is 0 Å². The second-order valence-corrected chi connectivity index (χ2v) is 6.68. The van der Waals surface area contributed by atoms with Crippen LogP contribution in [0, 0.1) is 5.92 Å². The molecule has 0 unspecified atom stereocenters. The molecule has 0 spiro atoms.